The van der Waals surface area contributed by atoms with E-state index in [1.54, 1.807) is 66.0 Å². The van der Waals surface area contributed by atoms with Gasteiger partial charge in [-0.2, -0.15) is 13.2 Å². The maximum Gasteiger partial charge on any atom is 0.471 e. The van der Waals surface area contributed by atoms with Gasteiger partial charge < -0.3 is 29.4 Å². The molecule has 1 aliphatic rings. The summed E-state index contributed by atoms with van der Waals surface area (Å²) in [6.45, 7) is 12.8. The first-order chi connectivity index (χ1) is 25.2. The maximum atomic E-state index is 14.4. The van der Waals surface area contributed by atoms with E-state index in [4.69, 9.17) is 18.9 Å². The fourth-order valence-corrected chi connectivity index (χ4v) is 5.14. The van der Waals surface area contributed by atoms with Crippen molar-refractivity contribution in [3.05, 3.63) is 71.8 Å². The van der Waals surface area contributed by atoms with Crippen LogP contribution < -0.4 is 16.0 Å². The van der Waals surface area contributed by atoms with Crippen LogP contribution in [-0.2, 0) is 28.5 Å². The third kappa shape index (κ3) is 13.8. The largest absolute Gasteiger partial charge is 0.471 e. The number of nitrogens with one attached hydrogen (secondary N) is 3. The molecule has 55 heavy (non-hydrogen) atoms. The second-order valence-corrected chi connectivity index (χ2v) is 15.5. The number of aliphatic hydroxyl groups excluding tert-OH is 1. The third-order valence-electron chi connectivity index (χ3n) is 7.24. The number of ether oxygens (including phenoxy) is 4. The van der Waals surface area contributed by atoms with E-state index in [1.165, 1.54) is 62.3 Å². The van der Waals surface area contributed by atoms with Crippen LogP contribution in [0.1, 0.15) is 79.5 Å². The molecule has 2 aromatic carbocycles. The highest BCUT2D eigenvalue weighted by molar-refractivity contribution is 6.01. The maximum absolute atomic E-state index is 14.4. The quantitative estimate of drug-likeness (QED) is 0.129. The van der Waals surface area contributed by atoms with Gasteiger partial charge in [-0.05, 0) is 73.4 Å². The predicted octanol–water partition coefficient (Wildman–Crippen LogP) is 5.33. The molecule has 0 radical (unpaired) electrons. The molecule has 15 nitrogen and oxygen atoms in total. The topological polar surface area (TPSA) is 194 Å². The summed E-state index contributed by atoms with van der Waals surface area (Å²) < 4.78 is 62.8. The molecule has 2 aromatic rings. The normalized spacial score (nSPS) is 19.1. The highest BCUT2D eigenvalue weighted by atomic mass is 19.4. The third-order valence-corrected chi connectivity index (χ3v) is 7.24. The zero-order valence-corrected chi connectivity index (χ0v) is 32.0. The molecule has 1 saturated heterocycles. The molecular weight excluding hydrogens is 731 g/mol. The number of aliphatic hydroxyl groups is 1. The summed E-state index contributed by atoms with van der Waals surface area (Å²) in [5.41, 5.74) is -2.34. The van der Waals surface area contributed by atoms with Crippen molar-refractivity contribution in [3.63, 3.8) is 0 Å². The Morgan fingerprint density at radius 3 is 1.58 bits per heavy atom. The Balaban J connectivity index is 2.24. The average Bonchev–Trinajstić information content (AvgIpc) is 3.03. The van der Waals surface area contributed by atoms with Crippen LogP contribution in [0.25, 0.3) is 0 Å². The molecule has 1 aliphatic heterocycles. The Kier molecular flexibility index (Phi) is 13.9. The number of piperidine rings is 1. The van der Waals surface area contributed by atoms with Crippen molar-refractivity contribution in [1.29, 1.82) is 0 Å². The lowest BCUT2D eigenvalue weighted by molar-refractivity contribution is -0.179. The van der Waals surface area contributed by atoms with Crippen LogP contribution in [0.2, 0.25) is 0 Å². The SMILES string of the molecule is CC(C)(C)OC(=O)NC(=N[C@@H]1[C@H](O)[C@@H](NC(=O)C(F)(F)F)N(C(=O)OC(C)(C)C)C[C@H]1C(=O)OC(c1ccccc1)c1ccccc1)NC(=O)OC(C)(C)C. The molecule has 4 N–H and O–H groups in total. The van der Waals surface area contributed by atoms with Gasteiger partial charge in [-0.1, -0.05) is 60.7 Å². The van der Waals surface area contributed by atoms with Crippen LogP contribution in [0.3, 0.4) is 0 Å². The summed E-state index contributed by atoms with van der Waals surface area (Å²) >= 11 is 0. The van der Waals surface area contributed by atoms with Gasteiger partial charge in [-0.15, -0.1) is 0 Å². The lowest BCUT2D eigenvalue weighted by Crippen LogP contribution is -2.68. The Hall–Kier alpha value is -5.39. The van der Waals surface area contributed by atoms with Crippen LogP contribution in [0.5, 0.6) is 0 Å². The number of alkyl halides is 3. The van der Waals surface area contributed by atoms with Gasteiger partial charge in [0, 0.05) is 6.54 Å². The molecule has 0 bridgehead atoms. The minimum atomic E-state index is -5.48. The van der Waals surface area contributed by atoms with Gasteiger partial charge in [0.1, 0.15) is 29.1 Å². The Bertz CT molecular complexity index is 1630. The van der Waals surface area contributed by atoms with E-state index in [2.05, 4.69) is 15.6 Å². The van der Waals surface area contributed by atoms with Gasteiger partial charge in [0.05, 0.1) is 12.0 Å². The van der Waals surface area contributed by atoms with E-state index < -0.39 is 96.0 Å². The molecule has 0 aromatic heterocycles. The first kappa shape index (κ1) is 44.0. The minimum Gasteiger partial charge on any atom is -0.452 e. The number of carbonyl (C=O) groups excluding carboxylic acids is 5. The van der Waals surface area contributed by atoms with E-state index in [0.29, 0.717) is 16.0 Å². The monoisotopic (exact) mass is 779 g/mol. The summed E-state index contributed by atoms with van der Waals surface area (Å²) in [5.74, 6) is -6.17. The number of likely N-dealkylation sites (tertiary alicyclic amines) is 1. The number of hydrogen-bond donors (Lipinski definition) is 4. The van der Waals surface area contributed by atoms with Gasteiger partial charge in [0.2, 0.25) is 5.96 Å². The first-order valence-electron chi connectivity index (χ1n) is 17.2. The number of carbonyl (C=O) groups is 5. The van der Waals surface area contributed by atoms with Gasteiger partial charge in [0.25, 0.3) is 0 Å². The molecule has 3 rings (SSSR count). The molecule has 0 saturated carbocycles. The zero-order chi connectivity index (χ0) is 41.5. The molecule has 18 heteroatoms. The van der Waals surface area contributed by atoms with Crippen molar-refractivity contribution in [3.8, 4) is 0 Å². The molecule has 0 spiro atoms. The van der Waals surface area contributed by atoms with E-state index in [1.807, 2.05) is 0 Å². The number of alkyl carbamates (subject to hydrolysis) is 2. The fourth-order valence-electron chi connectivity index (χ4n) is 5.14. The fraction of sp³-hybridized carbons (Fsp3) is 0.514. The van der Waals surface area contributed by atoms with Crippen LogP contribution in [0, 0.1) is 5.92 Å². The van der Waals surface area contributed by atoms with Gasteiger partial charge >= 0.3 is 36.3 Å². The highest BCUT2D eigenvalue weighted by Gasteiger charge is 2.52. The molecule has 0 unspecified atom stereocenters. The van der Waals surface area contributed by atoms with Gasteiger partial charge in [0.15, 0.2) is 6.10 Å². The summed E-state index contributed by atoms with van der Waals surface area (Å²) in [6.07, 6.45) is -14.8. The predicted molar refractivity (Wildman–Crippen MR) is 191 cm³/mol. The number of aliphatic imine (C=N–C) groups is 1. The number of hydrogen-bond acceptors (Lipinski definition) is 11. The number of esters is 1. The van der Waals surface area contributed by atoms with Crippen LogP contribution in [-0.4, -0.2) is 94.0 Å². The average molecular weight is 780 g/mol. The Morgan fingerprint density at radius 1 is 0.745 bits per heavy atom. The number of amides is 4. The number of rotatable bonds is 6. The van der Waals surface area contributed by atoms with Crippen LogP contribution >= 0.6 is 0 Å². The van der Waals surface area contributed by atoms with Crippen LogP contribution in [0.4, 0.5) is 27.6 Å². The molecule has 4 atom stereocenters. The minimum absolute atomic E-state index is 0.511. The second-order valence-electron chi connectivity index (χ2n) is 15.5. The number of halogens is 3. The summed E-state index contributed by atoms with van der Waals surface area (Å²) in [4.78, 5) is 70.8. The van der Waals surface area contributed by atoms with E-state index in [-0.39, 0.29) is 0 Å². The summed E-state index contributed by atoms with van der Waals surface area (Å²) in [7, 11) is 0. The van der Waals surface area contributed by atoms with Gasteiger partial charge in [-0.3, -0.25) is 25.1 Å². The van der Waals surface area contributed by atoms with Crippen molar-refractivity contribution in [1.82, 2.24) is 20.9 Å². The summed E-state index contributed by atoms with van der Waals surface area (Å²) in [6, 6.07) is 15.1. The van der Waals surface area contributed by atoms with Crippen molar-refractivity contribution >= 4 is 36.1 Å². The Morgan fingerprint density at radius 2 is 1.18 bits per heavy atom. The molecule has 302 valence electrons. The number of guanidine groups is 1. The van der Waals surface area contributed by atoms with Crippen molar-refractivity contribution in [2.75, 3.05) is 6.54 Å². The first-order valence-corrected chi connectivity index (χ1v) is 17.2. The summed E-state index contributed by atoms with van der Waals surface area (Å²) in [5, 5.41) is 17.8. The van der Waals surface area contributed by atoms with Crippen molar-refractivity contribution in [2.45, 2.75) is 110 Å². The lowest BCUT2D eigenvalue weighted by atomic mass is 9.88. The van der Waals surface area contributed by atoms with E-state index in [9.17, 15) is 42.3 Å². The van der Waals surface area contributed by atoms with Gasteiger partial charge in [-0.25, -0.2) is 19.4 Å². The second kappa shape index (κ2) is 17.4. The molecule has 0 aliphatic carbocycles. The zero-order valence-electron chi connectivity index (χ0n) is 32.0. The van der Waals surface area contributed by atoms with E-state index in [0.717, 1.165) is 0 Å². The standard InChI is InChI=1S/C37H48F3N5O10/c1-34(2,3)53-31(49)43-30(44-32(50)54-35(4,5)6)41-24-23(28(47)52-26(21-16-12-10-13-17-21)22-18-14-11-15-19-22)20-45(33(51)55-36(7,8)9)27(25(24)46)42-29(48)37(38,39)40/h10-19,23-27,46H,20H2,1-9H3,(H,42,48)(H2,41,43,44,49,50)/t23-,24+,25+,27+/m1/s1. The molecule has 1 fully saturated rings. The van der Waals surface area contributed by atoms with Crippen molar-refractivity contribution in [2.24, 2.45) is 10.9 Å². The smallest absolute Gasteiger partial charge is 0.452 e. The lowest BCUT2D eigenvalue weighted by Gasteiger charge is -2.45. The molecular formula is C37H48F3N5O10. The highest BCUT2D eigenvalue weighted by Crippen LogP contribution is 2.33. The Labute approximate surface area is 316 Å². The molecule has 1 heterocycles. The van der Waals surface area contributed by atoms with Crippen LogP contribution in [0.15, 0.2) is 65.7 Å². The van der Waals surface area contributed by atoms with E-state index >= 15 is 0 Å². The number of benzene rings is 2. The molecule has 4 amide bonds. The number of nitrogens with zero attached hydrogens (tertiary/aromatic N) is 2. The van der Waals surface area contributed by atoms with Crippen molar-refractivity contribution < 1.29 is 61.2 Å².